The molecule has 4 nitrogen and oxygen atoms in total. The molecule has 0 spiro atoms. The van der Waals surface area contributed by atoms with Crippen molar-refractivity contribution in [1.29, 1.82) is 0 Å². The van der Waals surface area contributed by atoms with Crippen LogP contribution in [0, 0.1) is 0 Å². The molecule has 1 aliphatic heterocycles. The molecule has 0 fully saturated rings. The minimum atomic E-state index is -0.495. The van der Waals surface area contributed by atoms with Crippen LogP contribution in [0.25, 0.3) is 5.57 Å². The van der Waals surface area contributed by atoms with Gasteiger partial charge in [-0.05, 0) is 35.3 Å². The van der Waals surface area contributed by atoms with Gasteiger partial charge in [-0.25, -0.2) is 0 Å². The van der Waals surface area contributed by atoms with Crippen LogP contribution in [0.4, 0.5) is 0 Å². The Hall–Kier alpha value is -2.30. The molecular formula is C21H19Cl2NO3. The molecule has 0 unspecified atom stereocenters. The highest BCUT2D eigenvalue weighted by Crippen LogP contribution is 2.23. The summed E-state index contributed by atoms with van der Waals surface area (Å²) in [6.45, 7) is 0.863. The van der Waals surface area contributed by atoms with E-state index in [0.717, 1.165) is 6.42 Å². The summed E-state index contributed by atoms with van der Waals surface area (Å²) in [6, 6.07) is 15.0. The zero-order valence-corrected chi connectivity index (χ0v) is 16.2. The first kappa shape index (κ1) is 19.5. The van der Waals surface area contributed by atoms with E-state index < -0.39 is 5.97 Å². The first-order valence-corrected chi connectivity index (χ1v) is 9.40. The third-order valence-corrected chi connectivity index (χ3v) is 5.00. The van der Waals surface area contributed by atoms with Crippen molar-refractivity contribution < 1.29 is 14.3 Å². The Kier molecular flexibility index (Phi) is 6.54. The molecule has 0 saturated heterocycles. The molecule has 1 aliphatic rings. The lowest BCUT2D eigenvalue weighted by Gasteiger charge is -2.26. The van der Waals surface area contributed by atoms with Crippen molar-refractivity contribution in [2.75, 3.05) is 19.7 Å². The smallest absolute Gasteiger partial charge is 0.310 e. The number of halogens is 2. The molecule has 1 heterocycles. The molecule has 2 aromatic carbocycles. The van der Waals surface area contributed by atoms with Crippen LogP contribution in [-0.2, 0) is 20.7 Å². The second-order valence-corrected chi connectivity index (χ2v) is 7.10. The summed E-state index contributed by atoms with van der Waals surface area (Å²) in [5.74, 6) is -0.695. The average molecular weight is 404 g/mol. The van der Waals surface area contributed by atoms with Crippen LogP contribution in [0.1, 0.15) is 17.5 Å². The summed E-state index contributed by atoms with van der Waals surface area (Å²) >= 11 is 11.9. The number of hydrogen-bond donors (Lipinski definition) is 0. The summed E-state index contributed by atoms with van der Waals surface area (Å²) in [4.78, 5) is 26.0. The Labute approximate surface area is 168 Å². The highest BCUT2D eigenvalue weighted by atomic mass is 35.5. The van der Waals surface area contributed by atoms with E-state index in [1.54, 1.807) is 23.1 Å². The van der Waals surface area contributed by atoms with Gasteiger partial charge in [-0.15, -0.1) is 0 Å². The first-order chi connectivity index (χ1) is 13.0. The number of hydrogen-bond acceptors (Lipinski definition) is 3. The first-order valence-electron chi connectivity index (χ1n) is 8.64. The van der Waals surface area contributed by atoms with Crippen molar-refractivity contribution in [1.82, 2.24) is 4.90 Å². The van der Waals surface area contributed by atoms with Gasteiger partial charge in [0.15, 0.2) is 6.61 Å². The van der Waals surface area contributed by atoms with E-state index in [9.17, 15) is 9.59 Å². The monoisotopic (exact) mass is 403 g/mol. The van der Waals surface area contributed by atoms with Crippen LogP contribution in [0.5, 0.6) is 0 Å². The number of carbonyl (C=O) groups is 2. The van der Waals surface area contributed by atoms with Gasteiger partial charge in [0.05, 0.1) is 6.42 Å². The molecule has 0 atom stereocenters. The standard InChI is InChI=1S/C21H19Cl2NO3/c22-18-7-6-17(19(23)13-18)12-21(26)27-14-20(25)24-10-8-16(9-11-24)15-4-2-1-3-5-15/h1-8,13H,9-12,14H2. The molecule has 0 aromatic heterocycles. The number of benzene rings is 2. The van der Waals surface area contributed by atoms with Crippen LogP contribution in [0.3, 0.4) is 0 Å². The van der Waals surface area contributed by atoms with Gasteiger partial charge < -0.3 is 9.64 Å². The lowest BCUT2D eigenvalue weighted by molar-refractivity contribution is -0.151. The lowest BCUT2D eigenvalue weighted by Crippen LogP contribution is -2.37. The largest absolute Gasteiger partial charge is 0.455 e. The van der Waals surface area contributed by atoms with Crippen LogP contribution in [0.2, 0.25) is 10.0 Å². The summed E-state index contributed by atoms with van der Waals surface area (Å²) < 4.78 is 5.12. The number of rotatable bonds is 5. The van der Waals surface area contributed by atoms with E-state index in [2.05, 4.69) is 12.1 Å². The molecule has 0 radical (unpaired) electrons. The number of ether oxygens (including phenoxy) is 1. The van der Waals surface area contributed by atoms with Gasteiger partial charge in [0.25, 0.3) is 5.91 Å². The van der Waals surface area contributed by atoms with E-state index in [1.807, 2.05) is 24.3 Å². The fourth-order valence-corrected chi connectivity index (χ4v) is 3.39. The van der Waals surface area contributed by atoms with Gasteiger partial charge >= 0.3 is 5.97 Å². The molecule has 0 saturated carbocycles. The van der Waals surface area contributed by atoms with Gasteiger partial charge in [0.1, 0.15) is 0 Å². The Morgan fingerprint density at radius 3 is 2.52 bits per heavy atom. The van der Waals surface area contributed by atoms with Gasteiger partial charge in [-0.1, -0.05) is 65.7 Å². The number of carbonyl (C=O) groups excluding carboxylic acids is 2. The lowest BCUT2D eigenvalue weighted by atomic mass is 10.00. The minimum Gasteiger partial charge on any atom is -0.455 e. The fraction of sp³-hybridized carbons (Fsp3) is 0.238. The van der Waals surface area contributed by atoms with Crippen molar-refractivity contribution in [3.63, 3.8) is 0 Å². The van der Waals surface area contributed by atoms with E-state index in [4.69, 9.17) is 27.9 Å². The molecule has 2 aromatic rings. The molecule has 140 valence electrons. The number of amides is 1. The fourth-order valence-electron chi connectivity index (χ4n) is 2.92. The van der Waals surface area contributed by atoms with Crippen LogP contribution < -0.4 is 0 Å². The Morgan fingerprint density at radius 1 is 1.07 bits per heavy atom. The summed E-state index contributed by atoms with van der Waals surface area (Å²) in [7, 11) is 0. The SMILES string of the molecule is O=C(Cc1ccc(Cl)cc1Cl)OCC(=O)N1CC=C(c2ccccc2)CC1. The summed E-state index contributed by atoms with van der Waals surface area (Å²) in [6.07, 6.45) is 2.83. The van der Waals surface area contributed by atoms with Gasteiger partial charge in [0.2, 0.25) is 0 Å². The van der Waals surface area contributed by atoms with Crippen molar-refractivity contribution in [2.24, 2.45) is 0 Å². The van der Waals surface area contributed by atoms with Crippen molar-refractivity contribution in [3.05, 3.63) is 75.8 Å². The topological polar surface area (TPSA) is 46.6 Å². The highest BCUT2D eigenvalue weighted by molar-refractivity contribution is 6.35. The van der Waals surface area contributed by atoms with E-state index in [0.29, 0.717) is 28.7 Å². The van der Waals surface area contributed by atoms with Gasteiger partial charge in [-0.2, -0.15) is 0 Å². The number of nitrogens with zero attached hydrogens (tertiary/aromatic N) is 1. The summed E-state index contributed by atoms with van der Waals surface area (Å²) in [5.41, 5.74) is 3.02. The molecule has 0 bridgehead atoms. The molecule has 0 aliphatic carbocycles. The molecule has 6 heteroatoms. The molecule has 0 N–H and O–H groups in total. The average Bonchev–Trinajstić information content (AvgIpc) is 2.69. The zero-order chi connectivity index (χ0) is 19.2. The quantitative estimate of drug-likeness (QED) is 0.695. The third kappa shape index (κ3) is 5.34. The third-order valence-electron chi connectivity index (χ3n) is 4.41. The predicted octanol–water partition coefficient (Wildman–Crippen LogP) is 4.40. The predicted molar refractivity (Wildman–Crippen MR) is 107 cm³/mol. The Morgan fingerprint density at radius 2 is 1.85 bits per heavy atom. The highest BCUT2D eigenvalue weighted by Gasteiger charge is 2.19. The van der Waals surface area contributed by atoms with E-state index in [1.165, 1.54) is 11.1 Å². The summed E-state index contributed by atoms with van der Waals surface area (Å²) in [5, 5.41) is 0.903. The molecule has 27 heavy (non-hydrogen) atoms. The zero-order valence-electron chi connectivity index (χ0n) is 14.7. The number of esters is 1. The minimum absolute atomic E-state index is 0.00133. The van der Waals surface area contributed by atoms with Gasteiger partial charge in [0, 0.05) is 23.1 Å². The maximum atomic E-state index is 12.3. The second kappa shape index (κ2) is 9.07. The van der Waals surface area contributed by atoms with Gasteiger partial charge in [-0.3, -0.25) is 9.59 Å². The van der Waals surface area contributed by atoms with Crippen molar-refractivity contribution in [3.8, 4) is 0 Å². The van der Waals surface area contributed by atoms with Crippen molar-refractivity contribution in [2.45, 2.75) is 12.8 Å². The molecule has 1 amide bonds. The normalized spacial score (nSPS) is 13.9. The maximum Gasteiger partial charge on any atom is 0.310 e. The van der Waals surface area contributed by atoms with Crippen molar-refractivity contribution >= 4 is 40.7 Å². The Bertz CT molecular complexity index is 865. The second-order valence-electron chi connectivity index (χ2n) is 6.26. The van der Waals surface area contributed by atoms with Crippen LogP contribution in [0.15, 0.2) is 54.6 Å². The van der Waals surface area contributed by atoms with Crippen LogP contribution >= 0.6 is 23.2 Å². The van der Waals surface area contributed by atoms with E-state index >= 15 is 0 Å². The van der Waals surface area contributed by atoms with E-state index in [-0.39, 0.29) is 18.9 Å². The molecular weight excluding hydrogens is 385 g/mol. The Balaban J connectivity index is 1.48. The molecule has 3 rings (SSSR count). The maximum absolute atomic E-state index is 12.3. The van der Waals surface area contributed by atoms with Crippen LogP contribution in [-0.4, -0.2) is 36.5 Å².